The second kappa shape index (κ2) is 16.5. The van der Waals surface area contributed by atoms with Crippen LogP contribution in [0.1, 0.15) is 22.3 Å². The molecule has 0 saturated carbocycles. The maximum atomic E-state index is 14.5. The van der Waals surface area contributed by atoms with Crippen molar-refractivity contribution in [1.29, 1.82) is 0 Å². The SMILES string of the molecule is C=CCN(C(=O)NCc1ccccc1)N1CC(=O)N2[C@@H](Cc3ccc(NC(=O)OCc4ccccc4)cc3)C(=O)N(Cc3cccc4ccccc34)C[C@@H]21. The first-order chi connectivity index (χ1) is 26.4. The topological polar surface area (TPSA) is 115 Å². The highest BCUT2D eigenvalue weighted by Gasteiger charge is 2.52. The van der Waals surface area contributed by atoms with E-state index in [9.17, 15) is 19.2 Å². The number of ether oxygens (including phenoxy) is 1. The predicted octanol–water partition coefficient (Wildman–Crippen LogP) is 6.33. The third-order valence-electron chi connectivity index (χ3n) is 9.78. The normalized spacial score (nSPS) is 16.9. The Morgan fingerprint density at radius 3 is 2.24 bits per heavy atom. The number of nitrogens with one attached hydrogen (secondary N) is 2. The molecule has 5 amide bonds. The molecule has 11 nitrogen and oxygen atoms in total. The van der Waals surface area contributed by atoms with Crippen LogP contribution in [-0.2, 0) is 40.4 Å². The van der Waals surface area contributed by atoms with Crippen molar-refractivity contribution < 1.29 is 23.9 Å². The summed E-state index contributed by atoms with van der Waals surface area (Å²) in [5, 5.41) is 11.1. The largest absolute Gasteiger partial charge is 0.444 e. The fourth-order valence-corrected chi connectivity index (χ4v) is 7.14. The van der Waals surface area contributed by atoms with Crippen molar-refractivity contribution >= 4 is 40.4 Å². The summed E-state index contributed by atoms with van der Waals surface area (Å²) < 4.78 is 5.36. The highest BCUT2D eigenvalue weighted by Crippen LogP contribution is 2.31. The van der Waals surface area contributed by atoms with Crippen molar-refractivity contribution in [3.63, 3.8) is 0 Å². The van der Waals surface area contributed by atoms with Crippen LogP contribution in [0.3, 0.4) is 0 Å². The molecule has 2 saturated heterocycles. The zero-order chi connectivity index (χ0) is 37.4. The van der Waals surface area contributed by atoms with Gasteiger partial charge in [-0.15, -0.1) is 6.58 Å². The lowest BCUT2D eigenvalue weighted by Crippen LogP contribution is -2.66. The molecule has 0 aromatic heterocycles. The number of benzene rings is 5. The first kappa shape index (κ1) is 35.9. The van der Waals surface area contributed by atoms with Gasteiger partial charge in [-0.3, -0.25) is 19.9 Å². The second-order valence-corrected chi connectivity index (χ2v) is 13.4. The standard InChI is InChI=1S/C43H42N6O5/c1-2-24-47(42(52)44-26-32-12-5-3-6-13-32)48-29-40(50)49-38(25-31-20-22-36(23-21-31)45-43(53)54-30-33-14-7-4-8-15-33)41(51)46(28-39(48)49)27-35-18-11-17-34-16-9-10-19-37(34)35/h2-23,38-39H,1,24-30H2,(H,44,52)(H,45,53)/t38-,39+/m0/s1. The van der Waals surface area contributed by atoms with Crippen LogP contribution in [-0.4, -0.2) is 75.6 Å². The monoisotopic (exact) mass is 722 g/mol. The van der Waals surface area contributed by atoms with Crippen LogP contribution < -0.4 is 10.6 Å². The fraction of sp³-hybridized carbons (Fsp3) is 0.209. The summed E-state index contributed by atoms with van der Waals surface area (Å²) in [5.74, 6) is -0.419. The minimum absolute atomic E-state index is 0.0723. The smallest absolute Gasteiger partial charge is 0.411 e. The van der Waals surface area contributed by atoms with Gasteiger partial charge in [-0.1, -0.05) is 121 Å². The summed E-state index contributed by atoms with van der Waals surface area (Å²) in [5.41, 5.74) is 4.15. The van der Waals surface area contributed by atoms with Crippen LogP contribution in [0.4, 0.5) is 15.3 Å². The first-order valence-electron chi connectivity index (χ1n) is 18.0. The minimum Gasteiger partial charge on any atom is -0.444 e. The Morgan fingerprint density at radius 1 is 0.815 bits per heavy atom. The molecular formula is C43H42N6O5. The lowest BCUT2D eigenvalue weighted by Gasteiger charge is -2.46. The highest BCUT2D eigenvalue weighted by atomic mass is 16.5. The number of urea groups is 1. The summed E-state index contributed by atoms with van der Waals surface area (Å²) >= 11 is 0. The van der Waals surface area contributed by atoms with Crippen molar-refractivity contribution in [2.75, 3.05) is 25.0 Å². The van der Waals surface area contributed by atoms with Gasteiger partial charge < -0.3 is 19.9 Å². The van der Waals surface area contributed by atoms with E-state index in [1.165, 1.54) is 5.01 Å². The van der Waals surface area contributed by atoms with Gasteiger partial charge in [0.05, 0.1) is 19.6 Å². The Labute approximate surface area is 314 Å². The van der Waals surface area contributed by atoms with Crippen molar-refractivity contribution in [3.05, 3.63) is 162 Å². The van der Waals surface area contributed by atoms with Crippen LogP contribution in [0.15, 0.2) is 140 Å². The van der Waals surface area contributed by atoms with Crippen LogP contribution >= 0.6 is 0 Å². The molecule has 0 aliphatic carbocycles. The van der Waals surface area contributed by atoms with E-state index in [4.69, 9.17) is 4.74 Å². The van der Waals surface area contributed by atoms with Gasteiger partial charge in [-0.25, -0.2) is 9.59 Å². The van der Waals surface area contributed by atoms with E-state index < -0.39 is 18.3 Å². The molecule has 0 unspecified atom stereocenters. The number of fused-ring (bicyclic) bond motifs is 2. The van der Waals surface area contributed by atoms with Crippen molar-refractivity contribution in [2.24, 2.45) is 0 Å². The van der Waals surface area contributed by atoms with E-state index in [1.807, 2.05) is 115 Å². The second-order valence-electron chi connectivity index (χ2n) is 13.4. The molecule has 5 aromatic rings. The molecule has 7 rings (SSSR count). The molecule has 11 heteroatoms. The van der Waals surface area contributed by atoms with Crippen molar-refractivity contribution in [1.82, 2.24) is 25.1 Å². The Hall–Kier alpha value is -6.46. The number of piperazine rings is 1. The van der Waals surface area contributed by atoms with E-state index in [0.717, 1.165) is 33.0 Å². The van der Waals surface area contributed by atoms with E-state index >= 15 is 0 Å². The minimum atomic E-state index is -0.830. The number of rotatable bonds is 12. The van der Waals surface area contributed by atoms with E-state index in [1.54, 1.807) is 33.0 Å². The van der Waals surface area contributed by atoms with Gasteiger partial charge in [0, 0.05) is 25.2 Å². The van der Waals surface area contributed by atoms with Gasteiger partial charge in [0.1, 0.15) is 18.8 Å². The lowest BCUT2D eigenvalue weighted by atomic mass is 9.98. The molecule has 2 N–H and O–H groups in total. The van der Waals surface area contributed by atoms with Gasteiger partial charge in [0.25, 0.3) is 0 Å². The molecule has 54 heavy (non-hydrogen) atoms. The van der Waals surface area contributed by atoms with Crippen molar-refractivity contribution in [3.8, 4) is 0 Å². The summed E-state index contributed by atoms with van der Waals surface area (Å²) in [6, 6.07) is 39.1. The van der Waals surface area contributed by atoms with Crippen LogP contribution in [0, 0.1) is 0 Å². The fourth-order valence-electron chi connectivity index (χ4n) is 7.14. The number of hydrogen-bond acceptors (Lipinski definition) is 6. The number of carbonyl (C=O) groups is 4. The number of hydrogen-bond donors (Lipinski definition) is 2. The summed E-state index contributed by atoms with van der Waals surface area (Å²) in [6.07, 6.45) is 0.682. The molecule has 2 aliphatic rings. The van der Waals surface area contributed by atoms with Gasteiger partial charge >= 0.3 is 12.1 Å². The van der Waals surface area contributed by atoms with E-state index in [2.05, 4.69) is 17.2 Å². The molecule has 5 aromatic carbocycles. The van der Waals surface area contributed by atoms with Gasteiger partial charge in [0.2, 0.25) is 11.8 Å². The summed E-state index contributed by atoms with van der Waals surface area (Å²) in [6.45, 7) is 4.97. The number of hydrazine groups is 1. The third-order valence-corrected chi connectivity index (χ3v) is 9.78. The molecule has 2 atom stereocenters. The molecule has 2 heterocycles. The zero-order valence-electron chi connectivity index (χ0n) is 29.8. The summed E-state index contributed by atoms with van der Waals surface area (Å²) in [4.78, 5) is 58.1. The molecule has 0 bridgehead atoms. The van der Waals surface area contributed by atoms with Crippen LogP contribution in [0.5, 0.6) is 0 Å². The molecule has 2 aliphatic heterocycles. The molecule has 2 fully saturated rings. The molecule has 0 spiro atoms. The number of amides is 5. The number of nitrogens with zero attached hydrogens (tertiary/aromatic N) is 4. The third kappa shape index (κ3) is 8.11. The Balaban J connectivity index is 1.12. The van der Waals surface area contributed by atoms with Crippen LogP contribution in [0.25, 0.3) is 10.8 Å². The van der Waals surface area contributed by atoms with Gasteiger partial charge in [0.15, 0.2) is 0 Å². The van der Waals surface area contributed by atoms with Crippen LogP contribution in [0.2, 0.25) is 0 Å². The first-order valence-corrected chi connectivity index (χ1v) is 18.0. The Morgan fingerprint density at radius 2 is 1.50 bits per heavy atom. The average Bonchev–Trinajstić information content (AvgIpc) is 3.53. The zero-order valence-corrected chi connectivity index (χ0v) is 29.8. The van der Waals surface area contributed by atoms with Gasteiger partial charge in [-0.2, -0.15) is 5.01 Å². The predicted molar refractivity (Wildman–Crippen MR) is 206 cm³/mol. The highest BCUT2D eigenvalue weighted by molar-refractivity contribution is 5.92. The van der Waals surface area contributed by atoms with E-state index in [0.29, 0.717) is 18.8 Å². The molecule has 0 radical (unpaired) electrons. The maximum absolute atomic E-state index is 14.5. The Kier molecular flexibility index (Phi) is 11.0. The number of carbonyl (C=O) groups excluding carboxylic acids is 4. The summed E-state index contributed by atoms with van der Waals surface area (Å²) in [7, 11) is 0. The quantitative estimate of drug-likeness (QED) is 0.146. The van der Waals surface area contributed by atoms with Crippen molar-refractivity contribution in [2.45, 2.75) is 38.3 Å². The number of anilines is 1. The average molecular weight is 723 g/mol. The van der Waals surface area contributed by atoms with Gasteiger partial charge in [-0.05, 0) is 45.2 Å². The molecular weight excluding hydrogens is 681 g/mol. The maximum Gasteiger partial charge on any atom is 0.411 e. The lowest BCUT2D eigenvalue weighted by molar-refractivity contribution is -0.157. The van der Waals surface area contributed by atoms with E-state index in [-0.39, 0.29) is 50.5 Å². The molecule has 274 valence electrons. The Bertz CT molecular complexity index is 2120.